The molecule has 5 heteroatoms. The number of nitro groups is 1. The molecular formula is C12H7Cl2NO2. The molecule has 2 aromatic carbocycles. The van der Waals surface area contributed by atoms with Crippen LogP contribution in [0.2, 0.25) is 10.0 Å². The van der Waals surface area contributed by atoms with Gasteiger partial charge in [-0.1, -0.05) is 35.3 Å². The minimum absolute atomic E-state index is 0.0404. The quantitative estimate of drug-likeness (QED) is 0.591. The first-order valence-electron chi connectivity index (χ1n) is 4.77. The van der Waals surface area contributed by atoms with Crippen molar-refractivity contribution < 1.29 is 4.92 Å². The lowest BCUT2D eigenvalue weighted by Gasteiger charge is -2.03. The zero-order valence-corrected chi connectivity index (χ0v) is 10.1. The van der Waals surface area contributed by atoms with E-state index in [0.717, 1.165) is 5.56 Å². The molecule has 0 fully saturated rings. The molecule has 0 spiro atoms. The first-order valence-corrected chi connectivity index (χ1v) is 5.53. The third-order valence-corrected chi connectivity index (χ3v) is 2.69. The van der Waals surface area contributed by atoms with Crippen LogP contribution in [0.1, 0.15) is 0 Å². The van der Waals surface area contributed by atoms with Gasteiger partial charge in [0.05, 0.1) is 4.92 Å². The van der Waals surface area contributed by atoms with Gasteiger partial charge in [0.2, 0.25) is 0 Å². The van der Waals surface area contributed by atoms with Crippen LogP contribution in [0.4, 0.5) is 5.69 Å². The Labute approximate surface area is 108 Å². The molecule has 0 amide bonds. The summed E-state index contributed by atoms with van der Waals surface area (Å²) in [4.78, 5) is 10.2. The number of non-ortho nitro benzene ring substituents is 1. The Hall–Kier alpha value is -1.58. The molecule has 0 atom stereocenters. The molecule has 0 saturated carbocycles. The lowest BCUT2D eigenvalue weighted by atomic mass is 10.1. The number of hydrogen-bond donors (Lipinski definition) is 0. The average Bonchev–Trinajstić information content (AvgIpc) is 2.28. The predicted molar refractivity (Wildman–Crippen MR) is 68.6 cm³/mol. The molecule has 0 bridgehead atoms. The molecule has 86 valence electrons. The maximum atomic E-state index is 10.7. The van der Waals surface area contributed by atoms with Crippen molar-refractivity contribution in [1.82, 2.24) is 0 Å². The van der Waals surface area contributed by atoms with E-state index in [1.165, 1.54) is 12.1 Å². The summed E-state index contributed by atoms with van der Waals surface area (Å²) >= 11 is 11.8. The largest absolute Gasteiger partial charge is 0.270 e. The molecule has 2 aromatic rings. The van der Waals surface area contributed by atoms with Gasteiger partial charge >= 0.3 is 0 Å². The van der Waals surface area contributed by atoms with Crippen LogP contribution >= 0.6 is 23.2 Å². The molecule has 0 heterocycles. The van der Waals surface area contributed by atoms with Crippen LogP contribution in [0.15, 0.2) is 42.5 Å². The maximum Gasteiger partial charge on any atom is 0.270 e. The van der Waals surface area contributed by atoms with Crippen molar-refractivity contribution in [3.8, 4) is 11.1 Å². The van der Waals surface area contributed by atoms with Gasteiger partial charge < -0.3 is 0 Å². The van der Waals surface area contributed by atoms with Crippen molar-refractivity contribution >= 4 is 28.9 Å². The van der Waals surface area contributed by atoms with E-state index < -0.39 is 4.92 Å². The van der Waals surface area contributed by atoms with Crippen molar-refractivity contribution in [2.75, 3.05) is 0 Å². The topological polar surface area (TPSA) is 43.1 Å². The third kappa shape index (κ3) is 2.75. The molecular weight excluding hydrogens is 261 g/mol. The van der Waals surface area contributed by atoms with Gasteiger partial charge in [0.25, 0.3) is 5.69 Å². The van der Waals surface area contributed by atoms with Crippen LogP contribution in [0.3, 0.4) is 0 Å². The molecule has 0 N–H and O–H groups in total. The molecule has 0 aromatic heterocycles. The fourth-order valence-corrected chi connectivity index (χ4v) is 2.05. The Morgan fingerprint density at radius 3 is 2.18 bits per heavy atom. The lowest BCUT2D eigenvalue weighted by molar-refractivity contribution is -0.384. The first-order chi connectivity index (χ1) is 8.06. The van der Waals surface area contributed by atoms with E-state index in [0.29, 0.717) is 15.6 Å². The molecule has 17 heavy (non-hydrogen) atoms. The van der Waals surface area contributed by atoms with Crippen molar-refractivity contribution in [2.45, 2.75) is 0 Å². The van der Waals surface area contributed by atoms with E-state index in [4.69, 9.17) is 23.2 Å². The Morgan fingerprint density at radius 2 is 1.59 bits per heavy atom. The molecule has 0 radical (unpaired) electrons. The van der Waals surface area contributed by atoms with Crippen molar-refractivity contribution in [3.05, 3.63) is 62.6 Å². The molecule has 3 nitrogen and oxygen atoms in total. The van der Waals surface area contributed by atoms with Crippen LogP contribution in [-0.4, -0.2) is 4.92 Å². The van der Waals surface area contributed by atoms with Crippen molar-refractivity contribution in [3.63, 3.8) is 0 Å². The van der Waals surface area contributed by atoms with E-state index in [1.807, 2.05) is 0 Å². The van der Waals surface area contributed by atoms with E-state index in [1.54, 1.807) is 30.3 Å². The highest BCUT2D eigenvalue weighted by atomic mass is 35.5. The van der Waals surface area contributed by atoms with E-state index in [9.17, 15) is 10.1 Å². The summed E-state index contributed by atoms with van der Waals surface area (Å²) in [6, 6.07) is 11.4. The fourth-order valence-electron chi connectivity index (χ4n) is 1.52. The van der Waals surface area contributed by atoms with Crippen LogP contribution in [0, 0.1) is 10.1 Å². The van der Waals surface area contributed by atoms with E-state index in [2.05, 4.69) is 0 Å². The number of rotatable bonds is 2. The SMILES string of the molecule is O=[N+]([O-])c1cccc(-c2cc(Cl)cc(Cl)c2)c1. The molecule has 0 aliphatic rings. The van der Waals surface area contributed by atoms with Gasteiger partial charge in [0.1, 0.15) is 0 Å². The molecule has 0 unspecified atom stereocenters. The Kier molecular flexibility index (Phi) is 3.31. The van der Waals surface area contributed by atoms with E-state index in [-0.39, 0.29) is 5.69 Å². The van der Waals surface area contributed by atoms with Crippen molar-refractivity contribution in [2.24, 2.45) is 0 Å². The second-order valence-electron chi connectivity index (χ2n) is 3.47. The first kappa shape index (κ1) is 11.9. The fraction of sp³-hybridized carbons (Fsp3) is 0. The van der Waals surface area contributed by atoms with Crippen molar-refractivity contribution in [1.29, 1.82) is 0 Å². The van der Waals surface area contributed by atoms with Gasteiger partial charge in [-0.05, 0) is 29.3 Å². The number of hydrogen-bond acceptors (Lipinski definition) is 2. The van der Waals surface area contributed by atoms with Crippen LogP contribution in [-0.2, 0) is 0 Å². The van der Waals surface area contributed by atoms with Crippen LogP contribution in [0.25, 0.3) is 11.1 Å². The summed E-state index contributed by atoms with van der Waals surface area (Å²) < 4.78 is 0. The van der Waals surface area contributed by atoms with Crippen LogP contribution in [0.5, 0.6) is 0 Å². The highest BCUT2D eigenvalue weighted by molar-refractivity contribution is 6.35. The van der Waals surface area contributed by atoms with Gasteiger partial charge in [0, 0.05) is 22.2 Å². The highest BCUT2D eigenvalue weighted by Gasteiger charge is 2.08. The smallest absolute Gasteiger partial charge is 0.258 e. The average molecular weight is 268 g/mol. The summed E-state index contributed by atoms with van der Waals surface area (Å²) in [6.07, 6.45) is 0. The molecule has 2 rings (SSSR count). The number of nitrogens with zero attached hydrogens (tertiary/aromatic N) is 1. The maximum absolute atomic E-state index is 10.7. The molecule has 0 aliphatic heterocycles. The predicted octanol–water partition coefficient (Wildman–Crippen LogP) is 4.57. The van der Waals surface area contributed by atoms with Gasteiger partial charge in [0.15, 0.2) is 0 Å². The number of nitro benzene ring substituents is 1. The Morgan fingerprint density at radius 1 is 0.941 bits per heavy atom. The van der Waals surface area contributed by atoms with E-state index >= 15 is 0 Å². The Bertz CT molecular complexity index is 564. The minimum Gasteiger partial charge on any atom is -0.258 e. The monoisotopic (exact) mass is 267 g/mol. The Balaban J connectivity index is 2.52. The summed E-state index contributed by atoms with van der Waals surface area (Å²) in [5.74, 6) is 0. The highest BCUT2D eigenvalue weighted by Crippen LogP contribution is 2.29. The summed E-state index contributed by atoms with van der Waals surface area (Å²) in [5.41, 5.74) is 1.51. The summed E-state index contributed by atoms with van der Waals surface area (Å²) in [6.45, 7) is 0. The third-order valence-electron chi connectivity index (χ3n) is 2.25. The standard InChI is InChI=1S/C12H7Cl2NO2/c13-10-4-9(5-11(14)7-10)8-2-1-3-12(6-8)15(16)17/h1-7H. The molecule has 0 saturated heterocycles. The second kappa shape index (κ2) is 4.73. The van der Waals surface area contributed by atoms with Gasteiger partial charge in [-0.15, -0.1) is 0 Å². The van der Waals surface area contributed by atoms with Gasteiger partial charge in [-0.25, -0.2) is 0 Å². The summed E-state index contributed by atoms with van der Waals surface area (Å²) in [7, 11) is 0. The van der Waals surface area contributed by atoms with Gasteiger partial charge in [-0.3, -0.25) is 10.1 Å². The van der Waals surface area contributed by atoms with Crippen LogP contribution < -0.4 is 0 Å². The zero-order valence-electron chi connectivity index (χ0n) is 8.56. The lowest BCUT2D eigenvalue weighted by Crippen LogP contribution is -1.88. The number of benzene rings is 2. The minimum atomic E-state index is -0.435. The normalized spacial score (nSPS) is 10.2. The molecule has 0 aliphatic carbocycles. The number of halogens is 2. The van der Waals surface area contributed by atoms with Gasteiger partial charge in [-0.2, -0.15) is 0 Å². The zero-order chi connectivity index (χ0) is 12.4. The summed E-state index contributed by atoms with van der Waals surface area (Å²) in [5, 5.41) is 11.7. The second-order valence-corrected chi connectivity index (χ2v) is 4.34.